The molecular weight excluding hydrogens is 154 g/mol. The first-order valence-corrected chi connectivity index (χ1v) is 4.39. The zero-order chi connectivity index (χ0) is 9.14. The Morgan fingerprint density at radius 1 is 1.50 bits per heavy atom. The van der Waals surface area contributed by atoms with E-state index in [1.807, 2.05) is 0 Å². The topological polar surface area (TPSA) is 46.2 Å². The summed E-state index contributed by atoms with van der Waals surface area (Å²) in [5.41, 5.74) is 0. The van der Waals surface area contributed by atoms with Crippen LogP contribution in [0.4, 0.5) is 0 Å². The number of amides is 1. The van der Waals surface area contributed by atoms with Crippen molar-refractivity contribution < 1.29 is 9.59 Å². The van der Waals surface area contributed by atoms with Crippen LogP contribution in [-0.4, -0.2) is 17.7 Å². The van der Waals surface area contributed by atoms with Gasteiger partial charge in [-0.05, 0) is 12.3 Å². The lowest BCUT2D eigenvalue weighted by Crippen LogP contribution is -2.43. The van der Waals surface area contributed by atoms with E-state index in [1.165, 1.54) is 0 Å². The third kappa shape index (κ3) is 2.64. The van der Waals surface area contributed by atoms with Gasteiger partial charge in [-0.3, -0.25) is 9.59 Å². The van der Waals surface area contributed by atoms with E-state index < -0.39 is 0 Å². The zero-order valence-electron chi connectivity index (χ0n) is 7.59. The van der Waals surface area contributed by atoms with Crippen LogP contribution in [0.2, 0.25) is 0 Å². The minimum atomic E-state index is -0.114. The number of hydrogen-bond donors (Lipinski definition) is 1. The smallest absolute Gasteiger partial charge is 0.227 e. The molecule has 12 heavy (non-hydrogen) atoms. The monoisotopic (exact) mass is 169 g/mol. The second kappa shape index (κ2) is 3.70. The predicted octanol–water partition coefficient (Wildman–Crippen LogP) is 0.880. The number of nitrogens with one attached hydrogen (secondary N) is 1. The highest BCUT2D eigenvalue weighted by molar-refractivity contribution is 6.00. The lowest BCUT2D eigenvalue weighted by Gasteiger charge is -2.23. The number of rotatable bonds is 2. The van der Waals surface area contributed by atoms with Gasteiger partial charge in [-0.2, -0.15) is 0 Å². The van der Waals surface area contributed by atoms with E-state index in [9.17, 15) is 9.59 Å². The molecule has 0 aromatic rings. The van der Waals surface area contributed by atoms with Gasteiger partial charge >= 0.3 is 0 Å². The second-order valence-corrected chi connectivity index (χ2v) is 3.81. The molecule has 1 fully saturated rings. The first-order chi connectivity index (χ1) is 5.58. The standard InChI is InChI=1S/C9H15NO2/c1-6(2)3-7-4-8(11)5-9(12)10-7/h6-7H,3-5H2,1-2H3,(H,10,12). The number of piperidine rings is 1. The molecule has 1 unspecified atom stereocenters. The minimum Gasteiger partial charge on any atom is -0.353 e. The van der Waals surface area contributed by atoms with E-state index in [2.05, 4.69) is 19.2 Å². The maximum Gasteiger partial charge on any atom is 0.227 e. The molecule has 1 amide bonds. The second-order valence-electron chi connectivity index (χ2n) is 3.81. The Morgan fingerprint density at radius 2 is 2.17 bits per heavy atom. The summed E-state index contributed by atoms with van der Waals surface area (Å²) >= 11 is 0. The molecule has 68 valence electrons. The SMILES string of the molecule is CC(C)CC1CC(=O)CC(=O)N1. The van der Waals surface area contributed by atoms with Crippen molar-refractivity contribution in [3.8, 4) is 0 Å². The van der Waals surface area contributed by atoms with Gasteiger partial charge in [0, 0.05) is 12.5 Å². The van der Waals surface area contributed by atoms with Crippen molar-refractivity contribution in [3.63, 3.8) is 0 Å². The molecule has 0 bridgehead atoms. The summed E-state index contributed by atoms with van der Waals surface area (Å²) in [4.78, 5) is 21.9. The summed E-state index contributed by atoms with van der Waals surface area (Å²) < 4.78 is 0. The highest BCUT2D eigenvalue weighted by Crippen LogP contribution is 2.12. The largest absolute Gasteiger partial charge is 0.353 e. The van der Waals surface area contributed by atoms with Crippen LogP contribution in [0, 0.1) is 5.92 Å². The summed E-state index contributed by atoms with van der Waals surface area (Å²) in [6.07, 6.45) is 1.50. The Morgan fingerprint density at radius 3 is 2.67 bits per heavy atom. The van der Waals surface area contributed by atoms with E-state index in [-0.39, 0.29) is 24.2 Å². The van der Waals surface area contributed by atoms with Crippen molar-refractivity contribution in [2.75, 3.05) is 0 Å². The molecular formula is C9H15NO2. The molecule has 1 atom stereocenters. The van der Waals surface area contributed by atoms with Gasteiger partial charge in [-0.1, -0.05) is 13.8 Å². The zero-order valence-corrected chi connectivity index (χ0v) is 7.59. The van der Waals surface area contributed by atoms with Gasteiger partial charge < -0.3 is 5.32 Å². The molecule has 1 rings (SSSR count). The highest BCUT2D eigenvalue weighted by Gasteiger charge is 2.24. The molecule has 0 spiro atoms. The van der Waals surface area contributed by atoms with Crippen LogP contribution in [0.25, 0.3) is 0 Å². The fourth-order valence-corrected chi connectivity index (χ4v) is 1.57. The van der Waals surface area contributed by atoms with Crippen LogP contribution in [0.1, 0.15) is 33.1 Å². The average Bonchev–Trinajstić information content (AvgIpc) is 1.81. The molecule has 3 nitrogen and oxygen atoms in total. The van der Waals surface area contributed by atoms with Crippen LogP contribution in [0.3, 0.4) is 0 Å². The average molecular weight is 169 g/mol. The van der Waals surface area contributed by atoms with Crippen molar-refractivity contribution in [2.45, 2.75) is 39.2 Å². The van der Waals surface area contributed by atoms with Crippen LogP contribution < -0.4 is 5.32 Å². The summed E-state index contributed by atoms with van der Waals surface area (Å²) in [7, 11) is 0. The molecule has 1 saturated heterocycles. The fraction of sp³-hybridized carbons (Fsp3) is 0.778. The Bertz CT molecular complexity index is 183. The van der Waals surface area contributed by atoms with Gasteiger partial charge in [-0.25, -0.2) is 0 Å². The van der Waals surface area contributed by atoms with Crippen LogP contribution in [0.5, 0.6) is 0 Å². The fourth-order valence-electron chi connectivity index (χ4n) is 1.57. The van der Waals surface area contributed by atoms with Crippen molar-refractivity contribution in [1.82, 2.24) is 5.32 Å². The van der Waals surface area contributed by atoms with E-state index in [4.69, 9.17) is 0 Å². The maximum absolute atomic E-state index is 11.0. The van der Waals surface area contributed by atoms with Crippen LogP contribution in [0.15, 0.2) is 0 Å². The minimum absolute atomic E-state index is 0.0735. The van der Waals surface area contributed by atoms with E-state index in [1.54, 1.807) is 0 Å². The van der Waals surface area contributed by atoms with Gasteiger partial charge in [0.1, 0.15) is 5.78 Å². The molecule has 1 heterocycles. The Balaban J connectivity index is 2.44. The molecule has 0 saturated carbocycles. The molecule has 3 heteroatoms. The lowest BCUT2D eigenvalue weighted by atomic mass is 9.95. The van der Waals surface area contributed by atoms with Crippen LogP contribution in [-0.2, 0) is 9.59 Å². The normalized spacial score (nSPS) is 24.4. The van der Waals surface area contributed by atoms with Crippen LogP contribution >= 0.6 is 0 Å². The van der Waals surface area contributed by atoms with Crippen molar-refractivity contribution in [2.24, 2.45) is 5.92 Å². The van der Waals surface area contributed by atoms with E-state index in [0.717, 1.165) is 6.42 Å². The first kappa shape index (κ1) is 9.23. The molecule has 0 aromatic heterocycles. The molecule has 0 radical (unpaired) electrons. The summed E-state index contributed by atoms with van der Waals surface area (Å²) in [6, 6.07) is 0.0822. The van der Waals surface area contributed by atoms with Gasteiger partial charge in [0.05, 0.1) is 6.42 Å². The third-order valence-corrected chi connectivity index (χ3v) is 1.95. The number of ketones is 1. The molecule has 1 aliphatic heterocycles. The maximum atomic E-state index is 11.0. The summed E-state index contributed by atoms with van der Waals surface area (Å²) in [5.74, 6) is 0.488. The van der Waals surface area contributed by atoms with Crippen molar-refractivity contribution in [3.05, 3.63) is 0 Å². The van der Waals surface area contributed by atoms with Gasteiger partial charge in [-0.15, -0.1) is 0 Å². The van der Waals surface area contributed by atoms with E-state index >= 15 is 0 Å². The number of Topliss-reactive ketones (excluding diaryl/α,β-unsaturated/α-hetero) is 1. The first-order valence-electron chi connectivity index (χ1n) is 4.39. The predicted molar refractivity (Wildman–Crippen MR) is 45.6 cm³/mol. The van der Waals surface area contributed by atoms with Gasteiger partial charge in [0.15, 0.2) is 0 Å². The summed E-state index contributed by atoms with van der Waals surface area (Å²) in [5, 5.41) is 2.82. The molecule has 0 aliphatic carbocycles. The van der Waals surface area contributed by atoms with Gasteiger partial charge in [0.2, 0.25) is 5.91 Å². The Labute approximate surface area is 72.5 Å². The number of carbonyl (C=O) groups excluding carboxylic acids is 2. The lowest BCUT2D eigenvalue weighted by molar-refractivity contribution is -0.132. The van der Waals surface area contributed by atoms with Crippen molar-refractivity contribution in [1.29, 1.82) is 0 Å². The molecule has 1 aliphatic rings. The molecule has 0 aromatic carbocycles. The third-order valence-electron chi connectivity index (χ3n) is 1.95. The highest BCUT2D eigenvalue weighted by atomic mass is 16.2. The number of hydrogen-bond acceptors (Lipinski definition) is 2. The summed E-state index contributed by atoms with van der Waals surface area (Å²) in [6.45, 7) is 4.18. The number of carbonyl (C=O) groups is 2. The molecule has 1 N–H and O–H groups in total. The van der Waals surface area contributed by atoms with Crippen molar-refractivity contribution >= 4 is 11.7 Å². The van der Waals surface area contributed by atoms with E-state index in [0.29, 0.717) is 12.3 Å². The quantitative estimate of drug-likeness (QED) is 0.624. The Kier molecular flexibility index (Phi) is 2.84. The Hall–Kier alpha value is -0.860. The van der Waals surface area contributed by atoms with Gasteiger partial charge in [0.25, 0.3) is 0 Å².